The molecule has 2 aromatic rings. The standard InChI is InChI=1S/C19H26NO3P/c1-4-16-12-14-17(15-13-16)19(20-18-10-8-7-9-11-18)24(21,22-5-2)23-6-3/h7-15,19-20H,4-6H2,1-3H3. The normalized spacial score (nSPS) is 12.8. The maximum Gasteiger partial charge on any atom is 0.357 e. The van der Waals surface area contributed by atoms with Gasteiger partial charge in [0.2, 0.25) is 0 Å². The molecule has 1 atom stereocenters. The van der Waals surface area contributed by atoms with E-state index in [1.54, 1.807) is 0 Å². The highest BCUT2D eigenvalue weighted by Crippen LogP contribution is 2.60. The van der Waals surface area contributed by atoms with Gasteiger partial charge in [0, 0.05) is 5.69 Å². The van der Waals surface area contributed by atoms with Crippen molar-refractivity contribution in [3.8, 4) is 0 Å². The van der Waals surface area contributed by atoms with Gasteiger partial charge < -0.3 is 14.4 Å². The number of hydrogen-bond donors (Lipinski definition) is 1. The van der Waals surface area contributed by atoms with E-state index in [0.717, 1.165) is 17.7 Å². The number of nitrogens with one attached hydrogen (secondary N) is 1. The average molecular weight is 347 g/mol. The summed E-state index contributed by atoms with van der Waals surface area (Å²) in [5.74, 6) is -0.550. The fourth-order valence-electron chi connectivity index (χ4n) is 2.52. The number of para-hydroxylation sites is 1. The summed E-state index contributed by atoms with van der Waals surface area (Å²) in [7, 11) is -3.35. The summed E-state index contributed by atoms with van der Waals surface area (Å²) in [4.78, 5) is 0. The van der Waals surface area contributed by atoms with Gasteiger partial charge in [-0.05, 0) is 43.5 Å². The van der Waals surface area contributed by atoms with Crippen molar-refractivity contribution in [2.75, 3.05) is 18.5 Å². The van der Waals surface area contributed by atoms with Crippen molar-refractivity contribution >= 4 is 13.3 Å². The first-order valence-corrected chi connectivity index (χ1v) is 10.0. The molecule has 0 bridgehead atoms. The zero-order valence-electron chi connectivity index (χ0n) is 14.6. The van der Waals surface area contributed by atoms with Crippen LogP contribution in [0.1, 0.15) is 37.7 Å². The quantitative estimate of drug-likeness (QED) is 0.598. The van der Waals surface area contributed by atoms with E-state index in [-0.39, 0.29) is 0 Å². The summed E-state index contributed by atoms with van der Waals surface area (Å²) in [6.07, 6.45) is 0.964. The van der Waals surface area contributed by atoms with E-state index in [4.69, 9.17) is 9.05 Å². The van der Waals surface area contributed by atoms with Crippen LogP contribution in [0.3, 0.4) is 0 Å². The Morgan fingerprint density at radius 1 is 0.917 bits per heavy atom. The lowest BCUT2D eigenvalue weighted by molar-refractivity contribution is 0.214. The van der Waals surface area contributed by atoms with Gasteiger partial charge in [-0.15, -0.1) is 0 Å². The lowest BCUT2D eigenvalue weighted by Gasteiger charge is -2.28. The van der Waals surface area contributed by atoms with Gasteiger partial charge in [0.25, 0.3) is 0 Å². The highest BCUT2D eigenvalue weighted by atomic mass is 31.2. The Kier molecular flexibility index (Phi) is 7.04. The fraction of sp³-hybridized carbons (Fsp3) is 0.368. The van der Waals surface area contributed by atoms with Gasteiger partial charge in [0.1, 0.15) is 0 Å². The lowest BCUT2D eigenvalue weighted by atomic mass is 10.1. The minimum Gasteiger partial charge on any atom is -0.368 e. The highest BCUT2D eigenvalue weighted by molar-refractivity contribution is 7.54. The maximum absolute atomic E-state index is 13.4. The van der Waals surface area contributed by atoms with Crippen LogP contribution < -0.4 is 5.32 Å². The molecule has 1 N–H and O–H groups in total. The molecule has 130 valence electrons. The second-order valence-corrected chi connectivity index (χ2v) is 7.50. The van der Waals surface area contributed by atoms with E-state index in [0.29, 0.717) is 13.2 Å². The van der Waals surface area contributed by atoms with Crippen molar-refractivity contribution < 1.29 is 13.6 Å². The third-order valence-corrected chi connectivity index (χ3v) is 6.01. The first-order chi connectivity index (χ1) is 11.6. The van der Waals surface area contributed by atoms with E-state index < -0.39 is 13.4 Å². The molecule has 0 saturated heterocycles. The molecule has 0 heterocycles. The monoisotopic (exact) mass is 347 g/mol. The molecule has 2 rings (SSSR count). The Hall–Kier alpha value is -1.61. The predicted molar refractivity (Wildman–Crippen MR) is 99.5 cm³/mol. The largest absolute Gasteiger partial charge is 0.368 e. The van der Waals surface area contributed by atoms with Crippen LogP contribution in [0, 0.1) is 0 Å². The van der Waals surface area contributed by atoms with Crippen LogP contribution in [-0.2, 0) is 20.0 Å². The summed E-state index contributed by atoms with van der Waals surface area (Å²) in [6, 6.07) is 17.8. The molecule has 0 spiro atoms. The van der Waals surface area contributed by atoms with E-state index in [2.05, 4.69) is 24.4 Å². The number of hydrogen-bond acceptors (Lipinski definition) is 4. The average Bonchev–Trinajstić information content (AvgIpc) is 2.61. The van der Waals surface area contributed by atoms with Crippen LogP contribution in [-0.4, -0.2) is 13.2 Å². The van der Waals surface area contributed by atoms with Crippen molar-refractivity contribution in [1.82, 2.24) is 0 Å². The Labute approximate surface area is 144 Å². The van der Waals surface area contributed by atoms with Crippen LogP contribution in [0.2, 0.25) is 0 Å². The van der Waals surface area contributed by atoms with E-state index in [1.165, 1.54) is 5.56 Å². The second-order valence-electron chi connectivity index (χ2n) is 5.38. The third-order valence-electron chi connectivity index (χ3n) is 3.72. The molecule has 0 aliphatic rings. The Balaban J connectivity index is 2.40. The SMILES string of the molecule is CCOP(=O)(OCC)C(Nc1ccccc1)c1ccc(CC)cc1. The predicted octanol–water partition coefficient (Wildman–Crippen LogP) is 5.63. The summed E-state index contributed by atoms with van der Waals surface area (Å²) < 4.78 is 24.5. The first kappa shape index (κ1) is 18.7. The molecule has 5 heteroatoms. The molecule has 0 aromatic heterocycles. The van der Waals surface area contributed by atoms with E-state index in [1.807, 2.05) is 56.3 Å². The maximum atomic E-state index is 13.4. The highest BCUT2D eigenvalue weighted by Gasteiger charge is 2.37. The molecular weight excluding hydrogens is 321 g/mol. The Bertz CT molecular complexity index is 648. The third kappa shape index (κ3) is 4.70. The zero-order chi connectivity index (χ0) is 17.4. The van der Waals surface area contributed by atoms with Gasteiger partial charge in [-0.3, -0.25) is 4.57 Å². The summed E-state index contributed by atoms with van der Waals surface area (Å²) in [5, 5.41) is 3.33. The van der Waals surface area contributed by atoms with Crippen molar-refractivity contribution in [3.63, 3.8) is 0 Å². The molecule has 2 aromatic carbocycles. The summed E-state index contributed by atoms with van der Waals surface area (Å²) in [5.41, 5.74) is 3.00. The molecule has 0 amide bonds. The molecule has 1 unspecified atom stereocenters. The van der Waals surface area contributed by atoms with Gasteiger partial charge in [0.15, 0.2) is 5.78 Å². The zero-order valence-corrected chi connectivity index (χ0v) is 15.5. The van der Waals surface area contributed by atoms with Crippen LogP contribution in [0.25, 0.3) is 0 Å². The molecule has 24 heavy (non-hydrogen) atoms. The van der Waals surface area contributed by atoms with Gasteiger partial charge in [-0.2, -0.15) is 0 Å². The van der Waals surface area contributed by atoms with Gasteiger partial charge >= 0.3 is 7.60 Å². The van der Waals surface area contributed by atoms with Crippen molar-refractivity contribution in [3.05, 3.63) is 65.7 Å². The van der Waals surface area contributed by atoms with Crippen LogP contribution in [0.5, 0.6) is 0 Å². The molecule has 4 nitrogen and oxygen atoms in total. The molecule has 0 fully saturated rings. The molecule has 0 aliphatic carbocycles. The molecule has 0 radical (unpaired) electrons. The van der Waals surface area contributed by atoms with E-state index in [9.17, 15) is 4.57 Å². The van der Waals surface area contributed by atoms with Crippen LogP contribution in [0.15, 0.2) is 54.6 Å². The van der Waals surface area contributed by atoms with Gasteiger partial charge in [-0.25, -0.2) is 0 Å². The fourth-order valence-corrected chi connectivity index (χ4v) is 4.46. The molecule has 0 saturated carbocycles. The summed E-state index contributed by atoms with van der Waals surface area (Å²) in [6.45, 7) is 6.42. The number of aryl methyl sites for hydroxylation is 1. The second kappa shape index (κ2) is 9.03. The number of rotatable bonds is 9. The van der Waals surface area contributed by atoms with E-state index >= 15 is 0 Å². The van der Waals surface area contributed by atoms with Crippen molar-refractivity contribution in [2.24, 2.45) is 0 Å². The first-order valence-electron chi connectivity index (χ1n) is 8.42. The lowest BCUT2D eigenvalue weighted by Crippen LogP contribution is -2.15. The molecular formula is C19H26NO3P. The Morgan fingerprint density at radius 3 is 2.00 bits per heavy atom. The smallest absolute Gasteiger partial charge is 0.357 e. The van der Waals surface area contributed by atoms with Gasteiger partial charge in [0.05, 0.1) is 13.2 Å². The minimum absolute atomic E-state index is 0.331. The van der Waals surface area contributed by atoms with Crippen LogP contribution >= 0.6 is 7.60 Å². The van der Waals surface area contributed by atoms with Gasteiger partial charge in [-0.1, -0.05) is 49.4 Å². The number of anilines is 1. The van der Waals surface area contributed by atoms with Crippen molar-refractivity contribution in [1.29, 1.82) is 0 Å². The topological polar surface area (TPSA) is 47.6 Å². The minimum atomic E-state index is -3.35. The summed E-state index contributed by atoms with van der Waals surface area (Å²) >= 11 is 0. The van der Waals surface area contributed by atoms with Crippen LogP contribution in [0.4, 0.5) is 5.69 Å². The Morgan fingerprint density at radius 2 is 1.50 bits per heavy atom. The number of benzene rings is 2. The van der Waals surface area contributed by atoms with Crippen molar-refractivity contribution in [2.45, 2.75) is 33.0 Å². The molecule has 0 aliphatic heterocycles.